The van der Waals surface area contributed by atoms with Crippen molar-refractivity contribution < 1.29 is 22.7 Å². The minimum absolute atomic E-state index is 0.116. The van der Waals surface area contributed by atoms with Gasteiger partial charge >= 0.3 is 12.1 Å². The molecule has 0 aliphatic rings. The van der Waals surface area contributed by atoms with Crippen LogP contribution in [0.3, 0.4) is 0 Å². The van der Waals surface area contributed by atoms with Crippen LogP contribution in [-0.2, 0) is 9.53 Å². The summed E-state index contributed by atoms with van der Waals surface area (Å²) in [6, 6.07) is 8.40. The highest BCUT2D eigenvalue weighted by Crippen LogP contribution is 2.22. The van der Waals surface area contributed by atoms with E-state index in [1.54, 1.807) is 37.3 Å². The summed E-state index contributed by atoms with van der Waals surface area (Å²) in [7, 11) is 0. The van der Waals surface area contributed by atoms with Crippen LogP contribution in [0.2, 0.25) is 0 Å². The third kappa shape index (κ3) is 7.10. The highest BCUT2D eigenvalue weighted by molar-refractivity contribution is 5.90. The summed E-state index contributed by atoms with van der Waals surface area (Å²) in [6.45, 7) is 1.96. The number of hydrogen-bond acceptors (Lipinski definition) is 4. The molecule has 0 unspecified atom stereocenters. The number of carbonyl (C=O) groups excluding carboxylic acids is 1. The molecule has 0 aromatic heterocycles. The summed E-state index contributed by atoms with van der Waals surface area (Å²) in [5, 5.41) is 3.44. The Balaban J connectivity index is 2.50. The first-order valence-corrected chi connectivity index (χ1v) is 7.04. The maximum Gasteiger partial charge on any atom is 0.431 e. The predicted octanol–water partition coefficient (Wildman–Crippen LogP) is 4.14. The molecule has 0 saturated heterocycles. The average Bonchev–Trinajstić information content (AvgIpc) is 2.46. The largest absolute Gasteiger partial charge is 0.466 e. The quantitative estimate of drug-likeness (QED) is 0.339. The second-order valence-electron chi connectivity index (χ2n) is 4.55. The number of nitrogens with one attached hydrogen (secondary N) is 1. The van der Waals surface area contributed by atoms with Gasteiger partial charge in [0.25, 0.3) is 0 Å². The van der Waals surface area contributed by atoms with Crippen LogP contribution in [0.1, 0.15) is 32.6 Å². The maximum absolute atomic E-state index is 12.9. The molecular formula is C15H19F3N2O2. The van der Waals surface area contributed by atoms with E-state index in [0.717, 1.165) is 0 Å². The number of alkyl halides is 3. The van der Waals surface area contributed by atoms with Crippen molar-refractivity contribution in [3.8, 4) is 0 Å². The van der Waals surface area contributed by atoms with Crippen molar-refractivity contribution in [1.82, 2.24) is 0 Å². The molecule has 122 valence electrons. The highest BCUT2D eigenvalue weighted by Gasteiger charge is 2.35. The lowest BCUT2D eigenvalue weighted by Gasteiger charge is -2.11. The van der Waals surface area contributed by atoms with Gasteiger partial charge in [-0.3, -0.25) is 10.2 Å². The average molecular weight is 316 g/mol. The summed E-state index contributed by atoms with van der Waals surface area (Å²) in [4.78, 5) is 11.1. The standard InChI is InChI=1S/C15H19F3N2O2/c1-2-22-14(21)11-7-6-10-13(15(16,17)18)20-19-12-8-4-3-5-9-12/h3-5,8-9,19H,2,6-7,10-11H2,1H3. The number of halogens is 3. The number of nitrogens with zero attached hydrogens (tertiary/aromatic N) is 1. The Kier molecular flexibility index (Phi) is 7.42. The first-order valence-electron chi connectivity index (χ1n) is 7.04. The van der Waals surface area contributed by atoms with E-state index >= 15 is 0 Å². The van der Waals surface area contributed by atoms with Gasteiger partial charge in [-0.1, -0.05) is 18.2 Å². The number of hydrogen-bond donors (Lipinski definition) is 1. The zero-order chi connectivity index (χ0) is 16.4. The van der Waals surface area contributed by atoms with E-state index in [1.807, 2.05) is 0 Å². The van der Waals surface area contributed by atoms with Gasteiger partial charge in [0, 0.05) is 6.42 Å². The van der Waals surface area contributed by atoms with Crippen LogP contribution in [0.4, 0.5) is 18.9 Å². The molecule has 1 aromatic carbocycles. The number of esters is 1. The second kappa shape index (κ2) is 9.07. The molecule has 0 aliphatic heterocycles. The Morgan fingerprint density at radius 2 is 1.82 bits per heavy atom. The molecular weight excluding hydrogens is 297 g/mol. The van der Waals surface area contributed by atoms with Crippen molar-refractivity contribution in [2.24, 2.45) is 5.10 Å². The van der Waals surface area contributed by atoms with E-state index in [9.17, 15) is 18.0 Å². The molecule has 0 amide bonds. The number of carbonyl (C=O) groups is 1. The van der Waals surface area contributed by atoms with Crippen LogP contribution in [0.25, 0.3) is 0 Å². The van der Waals surface area contributed by atoms with E-state index in [1.165, 1.54) is 0 Å². The lowest BCUT2D eigenvalue weighted by atomic mass is 10.1. The topological polar surface area (TPSA) is 50.7 Å². The van der Waals surface area contributed by atoms with Gasteiger partial charge in [-0.15, -0.1) is 0 Å². The first kappa shape index (κ1) is 18.0. The van der Waals surface area contributed by atoms with Crippen LogP contribution in [0.5, 0.6) is 0 Å². The van der Waals surface area contributed by atoms with Crippen LogP contribution in [0, 0.1) is 0 Å². The molecule has 0 heterocycles. The third-order valence-corrected chi connectivity index (χ3v) is 2.77. The summed E-state index contributed by atoms with van der Waals surface area (Å²) in [5.74, 6) is -0.393. The lowest BCUT2D eigenvalue weighted by molar-refractivity contribution is -0.143. The van der Waals surface area contributed by atoms with Gasteiger partial charge in [-0.2, -0.15) is 18.3 Å². The predicted molar refractivity (Wildman–Crippen MR) is 78.7 cm³/mol. The molecule has 0 saturated carbocycles. The van der Waals surface area contributed by atoms with E-state index in [0.29, 0.717) is 12.1 Å². The molecule has 0 spiro atoms. The van der Waals surface area contributed by atoms with E-state index in [2.05, 4.69) is 10.5 Å². The first-order chi connectivity index (χ1) is 10.4. The molecule has 4 nitrogen and oxygen atoms in total. The molecule has 0 radical (unpaired) electrons. The molecule has 0 aliphatic carbocycles. The molecule has 0 fully saturated rings. The number of anilines is 1. The van der Waals surface area contributed by atoms with Crippen LogP contribution in [0.15, 0.2) is 35.4 Å². The third-order valence-electron chi connectivity index (χ3n) is 2.77. The minimum atomic E-state index is -4.49. The SMILES string of the molecule is CCOC(=O)CCCCC(=NNc1ccccc1)C(F)(F)F. The van der Waals surface area contributed by atoms with Gasteiger partial charge in [-0.25, -0.2) is 0 Å². The lowest BCUT2D eigenvalue weighted by Crippen LogP contribution is -2.24. The number of para-hydroxylation sites is 1. The maximum atomic E-state index is 12.9. The Morgan fingerprint density at radius 1 is 1.18 bits per heavy atom. The fourth-order valence-electron chi connectivity index (χ4n) is 1.70. The van der Waals surface area contributed by atoms with Gasteiger partial charge < -0.3 is 4.74 Å². The van der Waals surface area contributed by atoms with Crippen molar-refractivity contribution in [2.75, 3.05) is 12.0 Å². The molecule has 0 atom stereocenters. The Bertz CT molecular complexity index is 487. The number of ether oxygens (including phenoxy) is 1. The number of unbranched alkanes of at least 4 members (excludes halogenated alkanes) is 1. The van der Waals surface area contributed by atoms with E-state index < -0.39 is 17.9 Å². The van der Waals surface area contributed by atoms with Gasteiger partial charge in [-0.05, 0) is 38.3 Å². The molecule has 1 N–H and O–H groups in total. The fraction of sp³-hybridized carbons (Fsp3) is 0.467. The second-order valence-corrected chi connectivity index (χ2v) is 4.55. The summed E-state index contributed by atoms with van der Waals surface area (Å²) < 4.78 is 43.3. The molecule has 1 rings (SSSR count). The number of benzene rings is 1. The fourth-order valence-corrected chi connectivity index (χ4v) is 1.70. The summed E-state index contributed by atoms with van der Waals surface area (Å²) >= 11 is 0. The van der Waals surface area contributed by atoms with E-state index in [4.69, 9.17) is 4.74 Å². The van der Waals surface area contributed by atoms with Crippen molar-refractivity contribution in [3.05, 3.63) is 30.3 Å². The number of rotatable bonds is 8. The van der Waals surface area contributed by atoms with Crippen molar-refractivity contribution in [1.29, 1.82) is 0 Å². The van der Waals surface area contributed by atoms with Crippen LogP contribution in [-0.4, -0.2) is 24.5 Å². The van der Waals surface area contributed by atoms with Gasteiger partial charge in [0.15, 0.2) is 0 Å². The monoisotopic (exact) mass is 316 g/mol. The van der Waals surface area contributed by atoms with Crippen molar-refractivity contribution >= 4 is 17.4 Å². The van der Waals surface area contributed by atoms with Crippen molar-refractivity contribution in [3.63, 3.8) is 0 Å². The molecule has 0 bridgehead atoms. The zero-order valence-corrected chi connectivity index (χ0v) is 12.3. The Hall–Kier alpha value is -2.05. The molecule has 22 heavy (non-hydrogen) atoms. The van der Waals surface area contributed by atoms with Gasteiger partial charge in [0.1, 0.15) is 5.71 Å². The Labute approximate surface area is 127 Å². The summed E-state index contributed by atoms with van der Waals surface area (Å²) in [5.41, 5.74) is 1.99. The van der Waals surface area contributed by atoms with Crippen molar-refractivity contribution in [2.45, 2.75) is 38.8 Å². The van der Waals surface area contributed by atoms with Gasteiger partial charge in [0.2, 0.25) is 0 Å². The Morgan fingerprint density at radius 3 is 2.41 bits per heavy atom. The molecule has 7 heteroatoms. The van der Waals surface area contributed by atoms with E-state index in [-0.39, 0.29) is 25.9 Å². The molecule has 1 aromatic rings. The smallest absolute Gasteiger partial charge is 0.431 e. The minimum Gasteiger partial charge on any atom is -0.466 e. The van der Waals surface area contributed by atoms with Crippen LogP contribution < -0.4 is 5.43 Å². The zero-order valence-electron chi connectivity index (χ0n) is 12.3. The summed E-state index contributed by atoms with van der Waals surface area (Å²) in [6.07, 6.45) is -4.08. The van der Waals surface area contributed by atoms with Gasteiger partial charge in [0.05, 0.1) is 12.3 Å². The number of hydrazone groups is 1. The normalized spacial score (nSPS) is 12.1. The highest BCUT2D eigenvalue weighted by atomic mass is 19.4. The van der Waals surface area contributed by atoms with Crippen LogP contribution >= 0.6 is 0 Å².